The topological polar surface area (TPSA) is 64.0 Å². The first kappa shape index (κ1) is 21.5. The minimum Gasteiger partial charge on any atom is -0.274 e. The van der Waals surface area contributed by atoms with Gasteiger partial charge in [0.1, 0.15) is 5.69 Å². The maximum atomic E-state index is 14.6. The number of hydrogen-bond acceptors (Lipinski definition) is 3. The first-order valence-electron chi connectivity index (χ1n) is 8.40. The van der Waals surface area contributed by atoms with Crippen LogP contribution in [-0.2, 0) is 15.4 Å². The zero-order valence-electron chi connectivity index (χ0n) is 15.7. The van der Waals surface area contributed by atoms with E-state index in [-0.39, 0.29) is 26.0 Å². The lowest BCUT2D eigenvalue weighted by atomic mass is 9.90. The van der Waals surface area contributed by atoms with E-state index in [4.69, 9.17) is 23.2 Å². The van der Waals surface area contributed by atoms with Crippen LogP contribution >= 0.6 is 23.2 Å². The third kappa shape index (κ3) is 4.71. The van der Waals surface area contributed by atoms with Crippen LogP contribution in [0.3, 0.4) is 0 Å². The van der Waals surface area contributed by atoms with E-state index in [0.29, 0.717) is 0 Å². The first-order valence-corrected chi connectivity index (χ1v) is 10.6. The van der Waals surface area contributed by atoms with Crippen molar-refractivity contribution in [2.24, 2.45) is 0 Å². The Kier molecular flexibility index (Phi) is 5.64. The summed E-state index contributed by atoms with van der Waals surface area (Å²) in [5.74, 6) is -2.19. The summed E-state index contributed by atoms with van der Waals surface area (Å²) in [5.41, 5.74) is -0.0124. The van der Waals surface area contributed by atoms with Crippen molar-refractivity contribution in [1.82, 2.24) is 9.78 Å². The molecule has 0 spiro atoms. The van der Waals surface area contributed by atoms with Gasteiger partial charge in [0.2, 0.25) is 0 Å². The minimum atomic E-state index is -4.32. The molecule has 10 heteroatoms. The van der Waals surface area contributed by atoms with Gasteiger partial charge < -0.3 is 0 Å². The molecule has 0 aliphatic carbocycles. The van der Waals surface area contributed by atoms with Gasteiger partial charge in [-0.2, -0.15) is 5.10 Å². The van der Waals surface area contributed by atoms with Crippen LogP contribution in [-0.4, -0.2) is 18.2 Å². The summed E-state index contributed by atoms with van der Waals surface area (Å²) in [6, 6.07) is 5.57. The second kappa shape index (κ2) is 7.59. The average molecular weight is 460 g/mol. The fourth-order valence-electron chi connectivity index (χ4n) is 2.52. The largest absolute Gasteiger partial charge is 0.274 e. The minimum absolute atomic E-state index is 0.0718. The summed E-state index contributed by atoms with van der Waals surface area (Å²) in [4.78, 5) is -0.320. The van der Waals surface area contributed by atoms with Gasteiger partial charge in [0.25, 0.3) is 10.0 Å². The summed E-state index contributed by atoms with van der Waals surface area (Å²) in [7, 11) is -4.32. The highest BCUT2D eigenvalue weighted by Crippen LogP contribution is 2.29. The number of aromatic nitrogens is 2. The highest BCUT2D eigenvalue weighted by Gasteiger charge is 2.22. The molecule has 0 atom stereocenters. The molecule has 0 fully saturated rings. The van der Waals surface area contributed by atoms with Gasteiger partial charge in [-0.05, 0) is 29.2 Å². The van der Waals surface area contributed by atoms with E-state index in [1.165, 1.54) is 10.7 Å². The highest BCUT2D eigenvalue weighted by molar-refractivity contribution is 7.92. The fraction of sp³-hybridized carbons (Fsp3) is 0.211. The SMILES string of the molecule is CC(C)(C)c1cnn(-c2cc(F)c(NS(=O)(=O)c3cc(Cl)cc(Cl)c3)c(F)c2)c1. The van der Waals surface area contributed by atoms with Crippen molar-refractivity contribution >= 4 is 38.9 Å². The zero-order chi connectivity index (χ0) is 21.6. The molecule has 3 rings (SSSR count). The van der Waals surface area contributed by atoms with E-state index >= 15 is 0 Å². The number of hydrogen-bond donors (Lipinski definition) is 1. The number of benzene rings is 2. The Balaban J connectivity index is 1.97. The molecule has 0 saturated carbocycles. The second-order valence-corrected chi connectivity index (χ2v) is 9.97. The molecule has 1 aromatic heterocycles. The molecule has 0 aliphatic heterocycles. The molecule has 3 aromatic rings. The first-order chi connectivity index (χ1) is 13.4. The van der Waals surface area contributed by atoms with Crippen molar-refractivity contribution in [3.8, 4) is 5.69 Å². The monoisotopic (exact) mass is 459 g/mol. The predicted molar refractivity (Wildman–Crippen MR) is 109 cm³/mol. The molecular weight excluding hydrogens is 443 g/mol. The van der Waals surface area contributed by atoms with Gasteiger partial charge in [-0.15, -0.1) is 0 Å². The standard InChI is InChI=1S/C19H17Cl2F2N3O2S/c1-19(2,3)11-9-24-26(10-11)14-7-16(22)18(17(23)8-14)25-29(27,28)15-5-12(20)4-13(21)6-15/h4-10,25H,1-3H3. The van der Waals surface area contributed by atoms with Crippen LogP contribution in [0.5, 0.6) is 0 Å². The number of nitrogens with zero attached hydrogens (tertiary/aromatic N) is 2. The Morgan fingerprint density at radius 1 is 1.00 bits per heavy atom. The van der Waals surface area contributed by atoms with Crippen molar-refractivity contribution in [3.05, 3.63) is 70.0 Å². The van der Waals surface area contributed by atoms with Crippen LogP contribution in [0.1, 0.15) is 26.3 Å². The van der Waals surface area contributed by atoms with E-state index in [1.807, 2.05) is 25.5 Å². The van der Waals surface area contributed by atoms with E-state index in [1.54, 1.807) is 12.4 Å². The van der Waals surface area contributed by atoms with Gasteiger partial charge in [-0.3, -0.25) is 4.72 Å². The van der Waals surface area contributed by atoms with E-state index in [9.17, 15) is 17.2 Å². The van der Waals surface area contributed by atoms with Crippen molar-refractivity contribution in [1.29, 1.82) is 0 Å². The Morgan fingerprint density at radius 2 is 1.55 bits per heavy atom. The molecule has 5 nitrogen and oxygen atoms in total. The van der Waals surface area contributed by atoms with Crippen molar-refractivity contribution in [2.75, 3.05) is 4.72 Å². The molecule has 154 valence electrons. The Hall–Kier alpha value is -2.16. The van der Waals surface area contributed by atoms with Crippen molar-refractivity contribution < 1.29 is 17.2 Å². The van der Waals surface area contributed by atoms with Crippen LogP contribution < -0.4 is 4.72 Å². The molecule has 1 N–H and O–H groups in total. The molecule has 0 saturated heterocycles. The normalized spacial score (nSPS) is 12.2. The van der Waals surface area contributed by atoms with Gasteiger partial charge in [-0.1, -0.05) is 44.0 Å². The Morgan fingerprint density at radius 3 is 2.03 bits per heavy atom. The lowest BCUT2D eigenvalue weighted by molar-refractivity contribution is 0.580. The third-order valence-corrected chi connectivity index (χ3v) is 5.89. The van der Waals surface area contributed by atoms with Crippen molar-refractivity contribution in [3.63, 3.8) is 0 Å². The third-order valence-electron chi connectivity index (χ3n) is 4.12. The maximum absolute atomic E-state index is 14.6. The van der Waals surface area contributed by atoms with Gasteiger partial charge in [-0.25, -0.2) is 21.9 Å². The number of nitrogens with one attached hydrogen (secondary N) is 1. The van der Waals surface area contributed by atoms with Gasteiger partial charge in [0.05, 0.1) is 16.8 Å². The molecule has 0 radical (unpaired) electrons. The van der Waals surface area contributed by atoms with Crippen molar-refractivity contribution in [2.45, 2.75) is 31.1 Å². The van der Waals surface area contributed by atoms with E-state index < -0.39 is 27.3 Å². The molecule has 29 heavy (non-hydrogen) atoms. The number of anilines is 1. The van der Waals surface area contributed by atoms with Crippen LogP contribution in [0.25, 0.3) is 5.69 Å². The fourth-order valence-corrected chi connectivity index (χ4v) is 4.32. The van der Waals surface area contributed by atoms with Crippen LogP contribution in [0.2, 0.25) is 10.0 Å². The lowest BCUT2D eigenvalue weighted by Crippen LogP contribution is -2.15. The van der Waals surface area contributed by atoms with E-state index in [0.717, 1.165) is 29.8 Å². The van der Waals surface area contributed by atoms with Crippen LogP contribution in [0.4, 0.5) is 14.5 Å². The number of halogens is 4. The molecule has 2 aromatic carbocycles. The maximum Gasteiger partial charge on any atom is 0.262 e. The lowest BCUT2D eigenvalue weighted by Gasteiger charge is -2.15. The molecule has 0 aliphatic rings. The molecular formula is C19H17Cl2F2N3O2S. The molecule has 0 unspecified atom stereocenters. The predicted octanol–water partition coefficient (Wildman–Crippen LogP) is 5.56. The smallest absolute Gasteiger partial charge is 0.262 e. The van der Waals surface area contributed by atoms with Crippen LogP contribution in [0, 0.1) is 11.6 Å². The Bertz CT molecular complexity index is 1150. The molecule has 0 amide bonds. The molecule has 0 bridgehead atoms. The van der Waals surface area contributed by atoms with Gasteiger partial charge in [0.15, 0.2) is 11.6 Å². The van der Waals surface area contributed by atoms with Gasteiger partial charge >= 0.3 is 0 Å². The summed E-state index contributed by atoms with van der Waals surface area (Å²) in [6.45, 7) is 5.94. The van der Waals surface area contributed by atoms with E-state index in [2.05, 4.69) is 5.10 Å². The highest BCUT2D eigenvalue weighted by atomic mass is 35.5. The second-order valence-electron chi connectivity index (χ2n) is 7.42. The summed E-state index contributed by atoms with van der Waals surface area (Å²) in [6.07, 6.45) is 3.27. The summed E-state index contributed by atoms with van der Waals surface area (Å²) >= 11 is 11.6. The quantitative estimate of drug-likeness (QED) is 0.555. The summed E-state index contributed by atoms with van der Waals surface area (Å²) < 4.78 is 57.4. The number of rotatable bonds is 4. The average Bonchev–Trinajstić information content (AvgIpc) is 3.07. The molecule has 1 heterocycles. The van der Waals surface area contributed by atoms with Gasteiger partial charge in [0, 0.05) is 28.4 Å². The zero-order valence-corrected chi connectivity index (χ0v) is 18.0. The Labute approximate surface area is 177 Å². The summed E-state index contributed by atoms with van der Waals surface area (Å²) in [5, 5.41) is 4.27. The van der Waals surface area contributed by atoms with Crippen LogP contribution in [0.15, 0.2) is 47.6 Å². The number of sulfonamides is 1.